The van der Waals surface area contributed by atoms with Crippen LogP contribution in [0.3, 0.4) is 0 Å². The largest absolute Gasteiger partial charge is 0.493 e. The average molecular weight is 438 g/mol. The van der Waals surface area contributed by atoms with Gasteiger partial charge in [0.2, 0.25) is 0 Å². The number of allylic oxidation sites excluding steroid dienone is 9. The standard InChI is InChI=1S/C25H27NO4S/c1-2-28-25(27)22-9-8-17-6-5-7-20-21(24(17)31-22)15-18-14-19(16-30-23(18)20)29-13-12-26-10-3-4-11-26/h5,7-9,14-15H,2-4,6,10-13,16H2,1H3. The third-order valence-electron chi connectivity index (χ3n) is 5.95. The van der Waals surface area contributed by atoms with E-state index in [4.69, 9.17) is 14.2 Å². The zero-order valence-corrected chi connectivity index (χ0v) is 18.6. The van der Waals surface area contributed by atoms with Gasteiger partial charge in [0.25, 0.3) is 0 Å². The Morgan fingerprint density at radius 2 is 2.06 bits per heavy atom. The first kappa shape index (κ1) is 20.5. The highest BCUT2D eigenvalue weighted by atomic mass is 32.2. The lowest BCUT2D eigenvalue weighted by Gasteiger charge is -2.21. The molecule has 0 N–H and O–H groups in total. The van der Waals surface area contributed by atoms with Crippen LogP contribution in [0, 0.1) is 0 Å². The molecule has 1 saturated heterocycles. The van der Waals surface area contributed by atoms with Gasteiger partial charge in [-0.1, -0.05) is 30.0 Å². The molecule has 5 nitrogen and oxygen atoms in total. The predicted octanol–water partition coefficient (Wildman–Crippen LogP) is 4.54. The van der Waals surface area contributed by atoms with Crippen molar-refractivity contribution in [3.05, 3.63) is 80.1 Å². The number of likely N-dealkylation sites (tertiary alicyclic amines) is 1. The van der Waals surface area contributed by atoms with Crippen LogP contribution >= 0.6 is 11.8 Å². The molecule has 0 atom stereocenters. The molecule has 1 fully saturated rings. The van der Waals surface area contributed by atoms with E-state index in [1.54, 1.807) is 0 Å². The van der Waals surface area contributed by atoms with Crippen LogP contribution in [0.1, 0.15) is 26.2 Å². The second-order valence-electron chi connectivity index (χ2n) is 8.03. The van der Waals surface area contributed by atoms with E-state index in [9.17, 15) is 4.79 Å². The summed E-state index contributed by atoms with van der Waals surface area (Å²) in [5, 5.41) is 0. The van der Waals surface area contributed by atoms with Crippen LogP contribution < -0.4 is 0 Å². The van der Waals surface area contributed by atoms with Crippen molar-refractivity contribution in [2.75, 3.05) is 39.5 Å². The van der Waals surface area contributed by atoms with Crippen molar-refractivity contribution in [2.24, 2.45) is 0 Å². The molecule has 31 heavy (non-hydrogen) atoms. The number of hydrogen-bond donors (Lipinski definition) is 0. The molecule has 0 radical (unpaired) electrons. The molecule has 0 aromatic carbocycles. The first-order chi connectivity index (χ1) is 15.2. The molecule has 5 rings (SSSR count). The Bertz CT molecular complexity index is 1000. The van der Waals surface area contributed by atoms with Gasteiger partial charge in [0.05, 0.1) is 11.5 Å². The Kier molecular flexibility index (Phi) is 5.92. The van der Waals surface area contributed by atoms with Gasteiger partial charge in [-0.2, -0.15) is 0 Å². The second-order valence-corrected chi connectivity index (χ2v) is 9.09. The number of carbonyl (C=O) groups excluding carboxylic acids is 1. The number of fused-ring (bicyclic) bond motifs is 3. The summed E-state index contributed by atoms with van der Waals surface area (Å²) in [4.78, 5) is 16.5. The smallest absolute Gasteiger partial charge is 0.344 e. The lowest BCUT2D eigenvalue weighted by molar-refractivity contribution is -0.137. The molecule has 2 aliphatic carbocycles. The van der Waals surface area contributed by atoms with E-state index in [1.165, 1.54) is 43.3 Å². The summed E-state index contributed by atoms with van der Waals surface area (Å²) in [6, 6.07) is 0. The molecular formula is C25H27NO4S. The fourth-order valence-electron chi connectivity index (χ4n) is 4.42. The molecule has 0 unspecified atom stereocenters. The Morgan fingerprint density at radius 1 is 1.19 bits per heavy atom. The zero-order valence-electron chi connectivity index (χ0n) is 17.8. The maximum atomic E-state index is 12.3. The number of carbonyl (C=O) groups is 1. The van der Waals surface area contributed by atoms with E-state index in [-0.39, 0.29) is 5.97 Å². The normalized spacial score (nSPS) is 22.5. The van der Waals surface area contributed by atoms with E-state index in [0.29, 0.717) is 24.7 Å². The van der Waals surface area contributed by atoms with Crippen LogP contribution in [0.5, 0.6) is 0 Å². The molecule has 5 aliphatic rings. The van der Waals surface area contributed by atoms with Crippen molar-refractivity contribution in [3.63, 3.8) is 0 Å². The Hall–Kier alpha value is -2.44. The van der Waals surface area contributed by atoms with Crippen molar-refractivity contribution in [1.82, 2.24) is 4.90 Å². The maximum Gasteiger partial charge on any atom is 0.344 e. The van der Waals surface area contributed by atoms with E-state index >= 15 is 0 Å². The van der Waals surface area contributed by atoms with Crippen molar-refractivity contribution in [2.45, 2.75) is 26.2 Å². The summed E-state index contributed by atoms with van der Waals surface area (Å²) >= 11 is 1.49. The maximum absolute atomic E-state index is 12.3. The van der Waals surface area contributed by atoms with Crippen LogP contribution in [-0.2, 0) is 19.0 Å². The van der Waals surface area contributed by atoms with Gasteiger partial charge in [-0.05, 0) is 63.1 Å². The molecule has 3 heterocycles. The third kappa shape index (κ3) is 4.19. The van der Waals surface area contributed by atoms with Gasteiger partial charge >= 0.3 is 5.97 Å². The van der Waals surface area contributed by atoms with Gasteiger partial charge in [0.15, 0.2) is 0 Å². The first-order valence-corrected chi connectivity index (χ1v) is 11.9. The molecule has 0 spiro atoms. The number of esters is 1. The van der Waals surface area contributed by atoms with E-state index in [2.05, 4.69) is 29.2 Å². The van der Waals surface area contributed by atoms with Crippen LogP contribution in [0.25, 0.3) is 0 Å². The van der Waals surface area contributed by atoms with Gasteiger partial charge in [0.1, 0.15) is 24.7 Å². The average Bonchev–Trinajstić information content (AvgIpc) is 3.38. The third-order valence-corrected chi connectivity index (χ3v) is 7.16. The quantitative estimate of drug-likeness (QED) is 0.569. The van der Waals surface area contributed by atoms with Gasteiger partial charge in [0, 0.05) is 28.2 Å². The minimum absolute atomic E-state index is 0.268. The first-order valence-electron chi connectivity index (χ1n) is 11.0. The zero-order chi connectivity index (χ0) is 21.2. The van der Waals surface area contributed by atoms with E-state index in [1.807, 2.05) is 19.1 Å². The summed E-state index contributed by atoms with van der Waals surface area (Å²) in [5.74, 6) is 1.51. The Labute approximate surface area is 187 Å². The predicted molar refractivity (Wildman–Crippen MR) is 122 cm³/mol. The molecule has 3 aliphatic heterocycles. The van der Waals surface area contributed by atoms with E-state index in [0.717, 1.165) is 46.1 Å². The molecule has 0 bridgehead atoms. The van der Waals surface area contributed by atoms with Crippen molar-refractivity contribution < 1.29 is 19.0 Å². The van der Waals surface area contributed by atoms with Gasteiger partial charge in [-0.15, -0.1) is 0 Å². The molecule has 0 amide bonds. The van der Waals surface area contributed by atoms with Crippen LogP contribution in [0.2, 0.25) is 0 Å². The van der Waals surface area contributed by atoms with E-state index < -0.39 is 0 Å². The highest BCUT2D eigenvalue weighted by Gasteiger charge is 2.31. The van der Waals surface area contributed by atoms with Crippen LogP contribution in [0.4, 0.5) is 0 Å². The number of rotatable bonds is 6. The van der Waals surface area contributed by atoms with Gasteiger partial charge < -0.3 is 14.2 Å². The number of nitrogens with zero attached hydrogens (tertiary/aromatic N) is 1. The topological polar surface area (TPSA) is 48.0 Å². The fraction of sp³-hybridized carbons (Fsp3) is 0.400. The van der Waals surface area contributed by atoms with Gasteiger partial charge in [-0.25, -0.2) is 4.79 Å². The molecule has 162 valence electrons. The highest BCUT2D eigenvalue weighted by Crippen LogP contribution is 2.47. The number of ether oxygens (including phenoxy) is 3. The Balaban J connectivity index is 1.37. The summed E-state index contributed by atoms with van der Waals surface area (Å²) in [5.41, 5.74) is 4.44. The fourth-order valence-corrected chi connectivity index (χ4v) is 5.48. The monoisotopic (exact) mass is 437 g/mol. The summed E-state index contributed by atoms with van der Waals surface area (Å²) < 4.78 is 17.4. The summed E-state index contributed by atoms with van der Waals surface area (Å²) in [7, 11) is 0. The lowest BCUT2D eigenvalue weighted by atomic mass is 10.1. The molecular weight excluding hydrogens is 410 g/mol. The second kappa shape index (κ2) is 8.97. The number of hydrogen-bond acceptors (Lipinski definition) is 6. The molecule has 0 aromatic rings. The SMILES string of the molecule is CCOC(=O)C1=CC=C2CC=CC3=C4OCC(OCCN5CCCC5)=CC4=CC3=C2S1. The highest BCUT2D eigenvalue weighted by molar-refractivity contribution is 8.07. The summed E-state index contributed by atoms with van der Waals surface area (Å²) in [6.45, 7) is 6.68. The lowest BCUT2D eigenvalue weighted by Crippen LogP contribution is -2.24. The molecule has 6 heteroatoms. The van der Waals surface area contributed by atoms with Crippen molar-refractivity contribution in [1.29, 1.82) is 0 Å². The van der Waals surface area contributed by atoms with Crippen molar-refractivity contribution in [3.8, 4) is 0 Å². The molecule has 0 saturated carbocycles. The molecule has 0 aromatic heterocycles. The summed E-state index contributed by atoms with van der Waals surface area (Å²) in [6.07, 6.45) is 15.9. The van der Waals surface area contributed by atoms with Crippen molar-refractivity contribution >= 4 is 17.7 Å². The Morgan fingerprint density at radius 3 is 2.90 bits per heavy atom. The minimum Gasteiger partial charge on any atom is -0.493 e. The van der Waals surface area contributed by atoms with Crippen LogP contribution in [-0.4, -0.2) is 50.3 Å². The number of thioether (sulfide) groups is 1. The van der Waals surface area contributed by atoms with Gasteiger partial charge in [-0.3, -0.25) is 4.90 Å². The van der Waals surface area contributed by atoms with Crippen LogP contribution in [0.15, 0.2) is 80.1 Å². The minimum atomic E-state index is -0.268.